The van der Waals surface area contributed by atoms with Crippen molar-refractivity contribution in [1.82, 2.24) is 0 Å². The maximum Gasteiger partial charge on any atom is 0.314 e. The van der Waals surface area contributed by atoms with Gasteiger partial charge in [0, 0.05) is 5.69 Å². The van der Waals surface area contributed by atoms with Crippen LogP contribution in [0.3, 0.4) is 0 Å². The smallest absolute Gasteiger partial charge is 0.314 e. The maximum absolute atomic E-state index is 12.0. The Bertz CT molecular complexity index is 731. The molecule has 2 N–H and O–H groups in total. The number of nitrogens with one attached hydrogen (secondary N) is 2. The highest BCUT2D eigenvalue weighted by molar-refractivity contribution is 6.43. The largest absolute Gasteiger partial charge is 0.495 e. The van der Waals surface area contributed by atoms with Gasteiger partial charge < -0.3 is 15.4 Å². The van der Waals surface area contributed by atoms with E-state index in [9.17, 15) is 9.59 Å². The quantitative estimate of drug-likeness (QED) is 0.847. The van der Waals surface area contributed by atoms with Gasteiger partial charge in [-0.1, -0.05) is 45.0 Å². The third-order valence-electron chi connectivity index (χ3n) is 3.57. The summed E-state index contributed by atoms with van der Waals surface area (Å²) < 4.78 is 5.14. The average Bonchev–Trinajstić information content (AvgIpc) is 2.55. The Kier molecular flexibility index (Phi) is 5.24. The Morgan fingerprint density at radius 1 is 0.875 bits per heavy atom. The second-order valence-electron chi connectivity index (χ2n) is 6.44. The summed E-state index contributed by atoms with van der Waals surface area (Å²) in [5, 5.41) is 5.13. The van der Waals surface area contributed by atoms with Crippen molar-refractivity contribution in [2.75, 3.05) is 17.7 Å². The predicted octanol–water partition coefficient (Wildman–Crippen LogP) is 3.57. The molecule has 24 heavy (non-hydrogen) atoms. The van der Waals surface area contributed by atoms with Crippen LogP contribution in [-0.2, 0) is 15.0 Å². The number of benzene rings is 2. The number of hydrogen-bond donors (Lipinski definition) is 2. The number of hydrogen-bond acceptors (Lipinski definition) is 3. The van der Waals surface area contributed by atoms with Gasteiger partial charge in [0.15, 0.2) is 0 Å². The zero-order valence-corrected chi connectivity index (χ0v) is 14.3. The molecule has 0 atom stereocenters. The number of para-hydroxylation sites is 2. The third-order valence-corrected chi connectivity index (χ3v) is 3.57. The van der Waals surface area contributed by atoms with E-state index in [1.54, 1.807) is 36.4 Å². The zero-order valence-electron chi connectivity index (χ0n) is 14.3. The first-order chi connectivity index (χ1) is 11.3. The molecule has 0 saturated carbocycles. The van der Waals surface area contributed by atoms with Crippen LogP contribution < -0.4 is 15.4 Å². The minimum Gasteiger partial charge on any atom is -0.495 e. The SMILES string of the molecule is COc1ccccc1NC(=O)C(=O)Nc1ccc(C(C)(C)C)cc1. The lowest BCUT2D eigenvalue weighted by molar-refractivity contribution is -0.133. The molecule has 5 nitrogen and oxygen atoms in total. The van der Waals surface area contributed by atoms with Gasteiger partial charge in [0.05, 0.1) is 12.8 Å². The Morgan fingerprint density at radius 3 is 2.04 bits per heavy atom. The highest BCUT2D eigenvalue weighted by atomic mass is 16.5. The number of carbonyl (C=O) groups is 2. The molecule has 2 aromatic carbocycles. The molecule has 0 aliphatic heterocycles. The number of methoxy groups -OCH3 is 1. The molecule has 5 heteroatoms. The van der Waals surface area contributed by atoms with Crippen LogP contribution in [0.2, 0.25) is 0 Å². The van der Waals surface area contributed by atoms with Crippen LogP contribution in [0.25, 0.3) is 0 Å². The minimum absolute atomic E-state index is 0.0315. The van der Waals surface area contributed by atoms with E-state index in [0.29, 0.717) is 17.1 Å². The fourth-order valence-electron chi connectivity index (χ4n) is 2.17. The van der Waals surface area contributed by atoms with Crippen molar-refractivity contribution < 1.29 is 14.3 Å². The molecule has 0 saturated heterocycles. The van der Waals surface area contributed by atoms with E-state index in [-0.39, 0.29) is 5.41 Å². The normalized spacial score (nSPS) is 10.8. The van der Waals surface area contributed by atoms with Crippen molar-refractivity contribution in [2.45, 2.75) is 26.2 Å². The standard InChI is InChI=1S/C19H22N2O3/c1-19(2,3)13-9-11-14(12-10-13)20-17(22)18(23)21-15-7-5-6-8-16(15)24-4/h5-12H,1-4H3,(H,20,22)(H,21,23). The van der Waals surface area contributed by atoms with Crippen LogP contribution in [0.4, 0.5) is 11.4 Å². The summed E-state index contributed by atoms with van der Waals surface area (Å²) in [5.41, 5.74) is 2.20. The van der Waals surface area contributed by atoms with Gasteiger partial charge in [0.1, 0.15) is 5.75 Å². The third kappa shape index (κ3) is 4.35. The van der Waals surface area contributed by atoms with Gasteiger partial charge in [-0.05, 0) is 35.2 Å². The van der Waals surface area contributed by atoms with Crippen LogP contribution >= 0.6 is 0 Å². The van der Waals surface area contributed by atoms with Crippen molar-refractivity contribution >= 4 is 23.2 Å². The van der Waals surface area contributed by atoms with Gasteiger partial charge in [-0.2, -0.15) is 0 Å². The van der Waals surface area contributed by atoms with Crippen molar-refractivity contribution in [1.29, 1.82) is 0 Å². The summed E-state index contributed by atoms with van der Waals surface area (Å²) in [5.74, 6) is -0.989. The Hall–Kier alpha value is -2.82. The van der Waals surface area contributed by atoms with E-state index < -0.39 is 11.8 Å². The Balaban J connectivity index is 2.03. The van der Waals surface area contributed by atoms with Crippen LogP contribution in [0, 0.1) is 0 Å². The molecule has 0 aliphatic carbocycles. The molecule has 0 aromatic heterocycles. The molecule has 0 heterocycles. The monoisotopic (exact) mass is 326 g/mol. The Labute approximate surface area is 142 Å². The second kappa shape index (κ2) is 7.17. The average molecular weight is 326 g/mol. The predicted molar refractivity (Wildman–Crippen MR) is 95.4 cm³/mol. The molecular weight excluding hydrogens is 304 g/mol. The molecule has 2 rings (SSSR count). The molecule has 2 amide bonds. The summed E-state index contributed by atoms with van der Waals surface area (Å²) in [6.45, 7) is 6.34. The highest BCUT2D eigenvalue weighted by Crippen LogP contribution is 2.24. The lowest BCUT2D eigenvalue weighted by Gasteiger charge is -2.19. The lowest BCUT2D eigenvalue weighted by atomic mass is 9.87. The van der Waals surface area contributed by atoms with E-state index in [1.807, 2.05) is 12.1 Å². The first kappa shape index (κ1) is 17.5. The molecule has 0 spiro atoms. The Morgan fingerprint density at radius 2 is 1.46 bits per heavy atom. The lowest BCUT2D eigenvalue weighted by Crippen LogP contribution is -2.29. The van der Waals surface area contributed by atoms with Crippen molar-refractivity contribution in [3.05, 3.63) is 54.1 Å². The van der Waals surface area contributed by atoms with Crippen LogP contribution in [0.5, 0.6) is 5.75 Å². The second-order valence-corrected chi connectivity index (χ2v) is 6.44. The summed E-state index contributed by atoms with van der Waals surface area (Å²) in [6.07, 6.45) is 0. The topological polar surface area (TPSA) is 67.4 Å². The van der Waals surface area contributed by atoms with E-state index in [2.05, 4.69) is 31.4 Å². The van der Waals surface area contributed by atoms with Gasteiger partial charge in [0.2, 0.25) is 0 Å². The van der Waals surface area contributed by atoms with Gasteiger partial charge in [-0.3, -0.25) is 9.59 Å². The van der Waals surface area contributed by atoms with Crippen LogP contribution in [0.1, 0.15) is 26.3 Å². The zero-order chi connectivity index (χ0) is 17.7. The number of anilines is 2. The maximum atomic E-state index is 12.0. The molecule has 2 aromatic rings. The molecular formula is C19H22N2O3. The summed E-state index contributed by atoms with van der Waals surface area (Å²) in [7, 11) is 1.50. The van der Waals surface area contributed by atoms with E-state index in [0.717, 1.165) is 5.56 Å². The fraction of sp³-hybridized carbons (Fsp3) is 0.263. The van der Waals surface area contributed by atoms with Crippen molar-refractivity contribution in [3.8, 4) is 5.75 Å². The van der Waals surface area contributed by atoms with Gasteiger partial charge in [-0.15, -0.1) is 0 Å². The summed E-state index contributed by atoms with van der Waals surface area (Å²) >= 11 is 0. The fourth-order valence-corrected chi connectivity index (χ4v) is 2.17. The number of amides is 2. The number of ether oxygens (including phenoxy) is 1. The van der Waals surface area contributed by atoms with Crippen LogP contribution in [-0.4, -0.2) is 18.9 Å². The van der Waals surface area contributed by atoms with Gasteiger partial charge >= 0.3 is 11.8 Å². The van der Waals surface area contributed by atoms with Gasteiger partial charge in [-0.25, -0.2) is 0 Å². The summed E-state index contributed by atoms with van der Waals surface area (Å²) in [4.78, 5) is 24.1. The van der Waals surface area contributed by atoms with E-state index in [1.165, 1.54) is 7.11 Å². The number of rotatable bonds is 3. The molecule has 0 unspecified atom stereocenters. The number of carbonyl (C=O) groups excluding carboxylic acids is 2. The molecule has 126 valence electrons. The molecule has 0 radical (unpaired) electrons. The molecule has 0 aliphatic rings. The van der Waals surface area contributed by atoms with Crippen molar-refractivity contribution in [2.24, 2.45) is 0 Å². The first-order valence-corrected chi connectivity index (χ1v) is 7.67. The minimum atomic E-state index is -0.751. The van der Waals surface area contributed by atoms with Crippen molar-refractivity contribution in [3.63, 3.8) is 0 Å². The van der Waals surface area contributed by atoms with Crippen LogP contribution in [0.15, 0.2) is 48.5 Å². The first-order valence-electron chi connectivity index (χ1n) is 7.67. The molecule has 0 bridgehead atoms. The van der Waals surface area contributed by atoms with Gasteiger partial charge in [0.25, 0.3) is 0 Å². The summed E-state index contributed by atoms with van der Waals surface area (Å²) in [6, 6.07) is 14.4. The van der Waals surface area contributed by atoms with E-state index in [4.69, 9.17) is 4.74 Å². The highest BCUT2D eigenvalue weighted by Gasteiger charge is 2.17. The molecule has 0 fully saturated rings. The van der Waals surface area contributed by atoms with E-state index >= 15 is 0 Å².